The smallest absolute Gasteiger partial charge is 0.251 e. The van der Waals surface area contributed by atoms with Gasteiger partial charge in [0.05, 0.1) is 18.7 Å². The lowest BCUT2D eigenvalue weighted by atomic mass is 9.96. The molecule has 0 radical (unpaired) electrons. The molecule has 1 amide bonds. The molecule has 3 heterocycles. The van der Waals surface area contributed by atoms with Crippen molar-refractivity contribution < 1.29 is 18.7 Å². The zero-order valence-electron chi connectivity index (χ0n) is 19.9. The van der Waals surface area contributed by atoms with E-state index in [1.54, 1.807) is 12.1 Å². The Bertz CT molecular complexity index is 1190. The van der Waals surface area contributed by atoms with Gasteiger partial charge in [-0.05, 0) is 68.0 Å². The SMILES string of the molecule is COc1ccc([C@H](NC(=O)c2ccc3cnc(CC4CCOCC4)nc3c2)[C@H]2CCCN2)cc1F. The van der Waals surface area contributed by atoms with Crippen LogP contribution >= 0.6 is 0 Å². The number of methoxy groups -OCH3 is 1. The van der Waals surface area contributed by atoms with E-state index >= 15 is 0 Å². The maximum Gasteiger partial charge on any atom is 0.251 e. The minimum atomic E-state index is -0.443. The van der Waals surface area contributed by atoms with Gasteiger partial charge in [-0.1, -0.05) is 12.1 Å². The van der Waals surface area contributed by atoms with Gasteiger partial charge in [-0.15, -0.1) is 0 Å². The molecule has 0 bridgehead atoms. The van der Waals surface area contributed by atoms with Gasteiger partial charge in [-0.2, -0.15) is 0 Å². The lowest BCUT2D eigenvalue weighted by Crippen LogP contribution is -2.41. The monoisotopic (exact) mass is 478 g/mol. The molecule has 184 valence electrons. The molecule has 2 aromatic carbocycles. The number of ether oxygens (including phenoxy) is 2. The number of carbonyl (C=O) groups is 1. The molecule has 0 aliphatic carbocycles. The highest BCUT2D eigenvalue weighted by molar-refractivity contribution is 5.97. The Labute approximate surface area is 204 Å². The normalized spacial score (nSPS) is 19.5. The molecule has 2 N–H and O–H groups in total. The summed E-state index contributed by atoms with van der Waals surface area (Å²) in [4.78, 5) is 22.6. The van der Waals surface area contributed by atoms with Crippen molar-refractivity contribution in [1.29, 1.82) is 0 Å². The van der Waals surface area contributed by atoms with Crippen molar-refractivity contribution in [2.24, 2.45) is 5.92 Å². The molecule has 2 fully saturated rings. The lowest BCUT2D eigenvalue weighted by molar-refractivity contribution is 0.0660. The van der Waals surface area contributed by atoms with Crippen LogP contribution in [0, 0.1) is 11.7 Å². The van der Waals surface area contributed by atoms with Crippen molar-refractivity contribution in [3.05, 3.63) is 65.4 Å². The Hall–Kier alpha value is -3.10. The van der Waals surface area contributed by atoms with Crippen molar-refractivity contribution in [3.8, 4) is 5.75 Å². The number of carbonyl (C=O) groups excluding carboxylic acids is 1. The molecule has 3 aromatic rings. The van der Waals surface area contributed by atoms with E-state index in [1.165, 1.54) is 13.2 Å². The Kier molecular flexibility index (Phi) is 7.20. The summed E-state index contributed by atoms with van der Waals surface area (Å²) in [6.45, 7) is 2.45. The number of hydrogen-bond acceptors (Lipinski definition) is 6. The van der Waals surface area contributed by atoms with E-state index in [0.29, 0.717) is 17.0 Å². The molecule has 35 heavy (non-hydrogen) atoms. The van der Waals surface area contributed by atoms with Crippen LogP contribution < -0.4 is 15.4 Å². The van der Waals surface area contributed by atoms with E-state index in [2.05, 4.69) is 15.6 Å². The van der Waals surface area contributed by atoms with Gasteiger partial charge < -0.3 is 20.1 Å². The lowest BCUT2D eigenvalue weighted by Gasteiger charge is -2.26. The number of hydrogen-bond donors (Lipinski definition) is 2. The molecule has 1 aromatic heterocycles. The topological polar surface area (TPSA) is 85.4 Å². The van der Waals surface area contributed by atoms with Gasteiger partial charge in [-0.3, -0.25) is 4.79 Å². The van der Waals surface area contributed by atoms with Crippen LogP contribution in [0.2, 0.25) is 0 Å². The first-order chi connectivity index (χ1) is 17.1. The minimum absolute atomic E-state index is 0.0283. The standard InChI is InChI=1S/C27H31FN4O3/c1-34-24-7-6-18(14-21(24)28)26(22-3-2-10-29-22)32-27(33)19-4-5-20-16-30-25(31-23(20)15-19)13-17-8-11-35-12-9-17/h4-7,14-17,22,26,29H,2-3,8-13H2,1H3,(H,32,33)/t22-,26+/m1/s1. The van der Waals surface area contributed by atoms with Gasteiger partial charge in [-0.25, -0.2) is 14.4 Å². The number of nitrogens with one attached hydrogen (secondary N) is 2. The average molecular weight is 479 g/mol. The van der Waals surface area contributed by atoms with Crippen LogP contribution in [0.5, 0.6) is 5.75 Å². The number of fused-ring (bicyclic) bond motifs is 1. The number of nitrogens with zero attached hydrogens (tertiary/aromatic N) is 2. The second-order valence-corrected chi connectivity index (χ2v) is 9.37. The third-order valence-electron chi connectivity index (χ3n) is 7.03. The highest BCUT2D eigenvalue weighted by atomic mass is 19.1. The van der Waals surface area contributed by atoms with Crippen molar-refractivity contribution in [3.63, 3.8) is 0 Å². The zero-order chi connectivity index (χ0) is 24.2. The molecule has 7 nitrogen and oxygen atoms in total. The molecule has 2 aliphatic rings. The number of amides is 1. The van der Waals surface area contributed by atoms with E-state index in [1.807, 2.05) is 24.4 Å². The summed E-state index contributed by atoms with van der Waals surface area (Å²) in [5, 5.41) is 7.47. The Morgan fingerprint density at radius 1 is 1.23 bits per heavy atom. The van der Waals surface area contributed by atoms with Gasteiger partial charge in [0.2, 0.25) is 0 Å². The molecule has 2 atom stereocenters. The average Bonchev–Trinajstić information content (AvgIpc) is 3.42. The molecule has 0 unspecified atom stereocenters. The first-order valence-electron chi connectivity index (χ1n) is 12.3. The van der Waals surface area contributed by atoms with Crippen molar-refractivity contribution in [2.75, 3.05) is 26.9 Å². The predicted molar refractivity (Wildman–Crippen MR) is 131 cm³/mol. The van der Waals surface area contributed by atoms with Gasteiger partial charge in [0.1, 0.15) is 5.82 Å². The molecule has 5 rings (SSSR count). The molecule has 8 heteroatoms. The Morgan fingerprint density at radius 3 is 2.83 bits per heavy atom. The fraction of sp³-hybridized carbons (Fsp3) is 0.444. The molecule has 0 spiro atoms. The number of aromatic nitrogens is 2. The maximum atomic E-state index is 14.5. The Morgan fingerprint density at radius 2 is 2.09 bits per heavy atom. The summed E-state index contributed by atoms with van der Waals surface area (Å²) < 4.78 is 25.0. The highest BCUT2D eigenvalue weighted by Gasteiger charge is 2.28. The molecule has 0 saturated carbocycles. The molecular weight excluding hydrogens is 447 g/mol. The van der Waals surface area contributed by atoms with E-state index in [9.17, 15) is 9.18 Å². The zero-order valence-corrected chi connectivity index (χ0v) is 19.9. The number of rotatable bonds is 7. The molecule has 2 aliphatic heterocycles. The van der Waals surface area contributed by atoms with E-state index in [-0.39, 0.29) is 23.7 Å². The van der Waals surface area contributed by atoms with Crippen molar-refractivity contribution >= 4 is 16.8 Å². The van der Waals surface area contributed by atoms with E-state index in [0.717, 1.165) is 68.6 Å². The molecular formula is C27H31FN4O3. The summed E-state index contributed by atoms with van der Waals surface area (Å²) in [5.74, 6) is 0.845. The summed E-state index contributed by atoms with van der Waals surface area (Å²) in [5.41, 5.74) is 1.98. The third-order valence-corrected chi connectivity index (χ3v) is 7.03. The summed E-state index contributed by atoms with van der Waals surface area (Å²) in [7, 11) is 1.44. The summed E-state index contributed by atoms with van der Waals surface area (Å²) in [6, 6.07) is 9.99. The van der Waals surface area contributed by atoms with Crippen LogP contribution in [0.4, 0.5) is 4.39 Å². The fourth-order valence-electron chi connectivity index (χ4n) is 5.02. The van der Waals surface area contributed by atoms with Crippen LogP contribution in [0.25, 0.3) is 10.9 Å². The van der Waals surface area contributed by atoms with Gasteiger partial charge in [0.25, 0.3) is 5.91 Å². The third kappa shape index (κ3) is 5.44. The van der Waals surface area contributed by atoms with Gasteiger partial charge in [0, 0.05) is 42.8 Å². The second-order valence-electron chi connectivity index (χ2n) is 9.37. The molecule has 2 saturated heterocycles. The van der Waals surface area contributed by atoms with Gasteiger partial charge >= 0.3 is 0 Å². The minimum Gasteiger partial charge on any atom is -0.494 e. The Balaban J connectivity index is 1.37. The van der Waals surface area contributed by atoms with Crippen LogP contribution in [0.1, 0.15) is 53.5 Å². The number of halogens is 1. The number of benzene rings is 2. The van der Waals surface area contributed by atoms with Crippen molar-refractivity contribution in [1.82, 2.24) is 20.6 Å². The van der Waals surface area contributed by atoms with Crippen molar-refractivity contribution in [2.45, 2.75) is 44.2 Å². The summed E-state index contributed by atoms with van der Waals surface area (Å²) in [6.07, 6.45) is 6.59. The van der Waals surface area contributed by atoms with Crippen LogP contribution in [0.3, 0.4) is 0 Å². The maximum absolute atomic E-state index is 14.5. The quantitative estimate of drug-likeness (QED) is 0.535. The van der Waals surface area contributed by atoms with E-state index in [4.69, 9.17) is 14.5 Å². The first-order valence-corrected chi connectivity index (χ1v) is 12.3. The summed E-state index contributed by atoms with van der Waals surface area (Å²) >= 11 is 0. The largest absolute Gasteiger partial charge is 0.494 e. The fourth-order valence-corrected chi connectivity index (χ4v) is 5.02. The first kappa shape index (κ1) is 23.6. The highest BCUT2D eigenvalue weighted by Crippen LogP contribution is 2.28. The van der Waals surface area contributed by atoms with E-state index < -0.39 is 5.82 Å². The predicted octanol–water partition coefficient (Wildman–Crippen LogP) is 3.97. The van der Waals surface area contributed by atoms with Gasteiger partial charge in [0.15, 0.2) is 11.6 Å². The van der Waals surface area contributed by atoms with Crippen LogP contribution in [0.15, 0.2) is 42.6 Å². The van der Waals surface area contributed by atoms with Crippen LogP contribution in [-0.4, -0.2) is 48.8 Å². The second kappa shape index (κ2) is 10.7. The van der Waals surface area contributed by atoms with Crippen LogP contribution in [-0.2, 0) is 11.2 Å².